The Morgan fingerprint density at radius 1 is 0.944 bits per heavy atom. The van der Waals surface area contributed by atoms with Gasteiger partial charge in [-0.3, -0.25) is 4.79 Å². The van der Waals surface area contributed by atoms with Crippen molar-refractivity contribution in [2.75, 3.05) is 11.5 Å². The molecule has 0 radical (unpaired) electrons. The lowest BCUT2D eigenvalue weighted by molar-refractivity contribution is 0.100. The average Bonchev–Trinajstić information content (AvgIpc) is 2.28. The molecular weight excluding hydrogens is 294 g/mol. The van der Waals surface area contributed by atoms with Crippen LogP contribution < -0.4 is 17.2 Å². The molecule has 4 nitrogen and oxygen atoms in total. The first kappa shape index (κ1) is 12.4. The van der Waals surface area contributed by atoms with Crippen LogP contribution in [0, 0.1) is 0 Å². The van der Waals surface area contributed by atoms with Gasteiger partial charge in [0, 0.05) is 21.4 Å². The van der Waals surface area contributed by atoms with Gasteiger partial charge in [-0.2, -0.15) is 0 Å². The van der Waals surface area contributed by atoms with Crippen molar-refractivity contribution in [3.63, 3.8) is 0 Å². The van der Waals surface area contributed by atoms with E-state index in [0.29, 0.717) is 22.5 Å². The van der Waals surface area contributed by atoms with E-state index < -0.39 is 5.91 Å². The van der Waals surface area contributed by atoms with Crippen molar-refractivity contribution in [3.8, 4) is 11.1 Å². The Labute approximate surface area is 113 Å². The Balaban J connectivity index is 2.69. The fraction of sp³-hybridized carbons (Fsp3) is 0. The first-order valence-electron chi connectivity index (χ1n) is 5.24. The van der Waals surface area contributed by atoms with E-state index in [1.807, 2.05) is 6.07 Å². The maximum absolute atomic E-state index is 11.4. The van der Waals surface area contributed by atoms with Crippen LogP contribution in [0.1, 0.15) is 10.4 Å². The number of amides is 1. The molecule has 1 amide bonds. The zero-order valence-electron chi connectivity index (χ0n) is 9.48. The Morgan fingerprint density at radius 2 is 1.56 bits per heavy atom. The topological polar surface area (TPSA) is 95.1 Å². The average molecular weight is 306 g/mol. The zero-order valence-corrected chi connectivity index (χ0v) is 11.1. The Morgan fingerprint density at radius 3 is 2.17 bits per heavy atom. The van der Waals surface area contributed by atoms with Crippen molar-refractivity contribution in [2.24, 2.45) is 5.73 Å². The number of nitrogen functional groups attached to an aromatic ring is 2. The van der Waals surface area contributed by atoms with Crippen LogP contribution in [0.4, 0.5) is 11.4 Å². The Hall–Kier alpha value is -2.01. The van der Waals surface area contributed by atoms with E-state index in [4.69, 9.17) is 17.2 Å². The summed E-state index contributed by atoms with van der Waals surface area (Å²) < 4.78 is 0.788. The lowest BCUT2D eigenvalue weighted by Gasteiger charge is -2.10. The van der Waals surface area contributed by atoms with Crippen LogP contribution in [-0.2, 0) is 0 Å². The molecule has 0 bridgehead atoms. The summed E-state index contributed by atoms with van der Waals surface area (Å²) in [7, 11) is 0. The van der Waals surface area contributed by atoms with Crippen LogP contribution in [0.5, 0.6) is 0 Å². The molecular formula is C13H12BrN3O. The third-order valence-electron chi connectivity index (χ3n) is 2.59. The highest BCUT2D eigenvalue weighted by molar-refractivity contribution is 9.10. The van der Waals surface area contributed by atoms with Gasteiger partial charge in [0.05, 0.1) is 0 Å². The largest absolute Gasteiger partial charge is 0.399 e. The standard InChI is InChI=1S/C13H12BrN3O/c14-12-6-8(16)1-3-9(12)11-5-7(15)2-4-10(11)13(17)18/h1-6H,15-16H2,(H2,17,18). The molecule has 0 aromatic heterocycles. The van der Waals surface area contributed by atoms with Gasteiger partial charge < -0.3 is 17.2 Å². The monoisotopic (exact) mass is 305 g/mol. The predicted molar refractivity (Wildman–Crippen MR) is 76.9 cm³/mol. The van der Waals surface area contributed by atoms with Crippen molar-refractivity contribution < 1.29 is 4.79 Å². The molecule has 2 rings (SSSR count). The van der Waals surface area contributed by atoms with Crippen LogP contribution in [0.2, 0.25) is 0 Å². The van der Waals surface area contributed by atoms with Gasteiger partial charge in [0.15, 0.2) is 0 Å². The number of anilines is 2. The molecule has 0 saturated heterocycles. The number of hydrogen-bond donors (Lipinski definition) is 3. The van der Waals surface area contributed by atoms with Crippen molar-refractivity contribution in [2.45, 2.75) is 0 Å². The Bertz CT molecular complexity index is 626. The molecule has 0 saturated carbocycles. The van der Waals surface area contributed by atoms with Gasteiger partial charge in [-0.1, -0.05) is 22.0 Å². The van der Waals surface area contributed by atoms with E-state index in [-0.39, 0.29) is 0 Å². The molecule has 0 unspecified atom stereocenters. The maximum Gasteiger partial charge on any atom is 0.249 e. The van der Waals surface area contributed by atoms with Gasteiger partial charge in [-0.05, 0) is 41.5 Å². The SMILES string of the molecule is NC(=O)c1ccc(N)cc1-c1ccc(N)cc1Br. The zero-order chi connectivity index (χ0) is 13.3. The lowest BCUT2D eigenvalue weighted by Crippen LogP contribution is -2.12. The van der Waals surface area contributed by atoms with E-state index in [9.17, 15) is 4.79 Å². The van der Waals surface area contributed by atoms with E-state index in [1.165, 1.54) is 0 Å². The maximum atomic E-state index is 11.4. The van der Waals surface area contributed by atoms with E-state index in [1.54, 1.807) is 30.3 Å². The van der Waals surface area contributed by atoms with E-state index in [0.717, 1.165) is 10.0 Å². The summed E-state index contributed by atoms with van der Waals surface area (Å²) in [6, 6.07) is 10.3. The summed E-state index contributed by atoms with van der Waals surface area (Å²) in [5, 5.41) is 0. The van der Waals surface area contributed by atoms with Gasteiger partial charge in [-0.25, -0.2) is 0 Å². The van der Waals surface area contributed by atoms with Crippen molar-refractivity contribution >= 4 is 33.2 Å². The number of rotatable bonds is 2. The van der Waals surface area contributed by atoms with Crippen molar-refractivity contribution in [3.05, 3.63) is 46.4 Å². The van der Waals surface area contributed by atoms with Crippen LogP contribution in [0.15, 0.2) is 40.9 Å². The van der Waals surface area contributed by atoms with E-state index >= 15 is 0 Å². The minimum atomic E-state index is -0.492. The van der Waals surface area contributed by atoms with Crippen molar-refractivity contribution in [1.82, 2.24) is 0 Å². The molecule has 5 heteroatoms. The number of primary amides is 1. The minimum absolute atomic E-state index is 0.426. The first-order valence-corrected chi connectivity index (χ1v) is 6.03. The molecule has 6 N–H and O–H groups in total. The summed E-state index contributed by atoms with van der Waals surface area (Å²) in [6.07, 6.45) is 0. The van der Waals surface area contributed by atoms with Crippen molar-refractivity contribution in [1.29, 1.82) is 0 Å². The molecule has 2 aromatic carbocycles. The van der Waals surface area contributed by atoms with Crippen LogP contribution in [-0.4, -0.2) is 5.91 Å². The first-order chi connectivity index (χ1) is 8.49. The van der Waals surface area contributed by atoms with Crippen LogP contribution in [0.3, 0.4) is 0 Å². The molecule has 0 aliphatic carbocycles. The summed E-state index contributed by atoms with van der Waals surface area (Å²) in [4.78, 5) is 11.4. The number of carbonyl (C=O) groups excluding carboxylic acids is 1. The summed E-state index contributed by atoms with van der Waals surface area (Å²) >= 11 is 3.42. The van der Waals surface area contributed by atoms with Crippen LogP contribution >= 0.6 is 15.9 Å². The number of hydrogen-bond acceptors (Lipinski definition) is 3. The summed E-state index contributed by atoms with van der Waals surface area (Å²) in [5.74, 6) is -0.492. The molecule has 0 aliphatic rings. The molecule has 0 aliphatic heterocycles. The van der Waals surface area contributed by atoms with Gasteiger partial charge in [0.1, 0.15) is 0 Å². The summed E-state index contributed by atoms with van der Waals surface area (Å²) in [6.45, 7) is 0. The highest BCUT2D eigenvalue weighted by Crippen LogP contribution is 2.33. The summed E-state index contributed by atoms with van der Waals surface area (Å²) in [5.41, 5.74) is 19.9. The van der Waals surface area contributed by atoms with Gasteiger partial charge in [-0.15, -0.1) is 0 Å². The predicted octanol–water partition coefficient (Wildman–Crippen LogP) is 2.38. The quantitative estimate of drug-likeness (QED) is 0.743. The number of nitrogens with two attached hydrogens (primary N) is 3. The van der Waals surface area contributed by atoms with Gasteiger partial charge in [0.2, 0.25) is 5.91 Å². The van der Waals surface area contributed by atoms with Gasteiger partial charge in [0.25, 0.3) is 0 Å². The third kappa shape index (κ3) is 2.31. The molecule has 18 heavy (non-hydrogen) atoms. The molecule has 0 atom stereocenters. The number of carbonyl (C=O) groups is 1. The number of benzene rings is 2. The molecule has 0 fully saturated rings. The lowest BCUT2D eigenvalue weighted by atomic mass is 9.98. The molecule has 0 spiro atoms. The fourth-order valence-corrected chi connectivity index (χ4v) is 2.36. The highest BCUT2D eigenvalue weighted by Gasteiger charge is 2.12. The second-order valence-electron chi connectivity index (χ2n) is 3.91. The second kappa shape index (κ2) is 4.70. The molecule has 92 valence electrons. The fourth-order valence-electron chi connectivity index (χ4n) is 1.75. The molecule has 0 heterocycles. The second-order valence-corrected chi connectivity index (χ2v) is 4.76. The molecule has 2 aromatic rings. The highest BCUT2D eigenvalue weighted by atomic mass is 79.9. The smallest absolute Gasteiger partial charge is 0.249 e. The van der Waals surface area contributed by atoms with Crippen LogP contribution in [0.25, 0.3) is 11.1 Å². The normalized spacial score (nSPS) is 10.3. The minimum Gasteiger partial charge on any atom is -0.399 e. The third-order valence-corrected chi connectivity index (χ3v) is 3.25. The number of halogens is 1. The Kier molecular flexibility index (Phi) is 3.25. The van der Waals surface area contributed by atoms with Gasteiger partial charge >= 0.3 is 0 Å². The van der Waals surface area contributed by atoms with E-state index in [2.05, 4.69) is 15.9 Å².